The number of aryl methyl sites for hydroxylation is 1. The molecule has 0 saturated carbocycles. The zero-order valence-electron chi connectivity index (χ0n) is 14.7. The van der Waals surface area contributed by atoms with Crippen molar-refractivity contribution in [1.82, 2.24) is 9.97 Å². The lowest BCUT2D eigenvalue weighted by molar-refractivity contribution is -0.385. The molecule has 0 unspecified atom stereocenters. The second kappa shape index (κ2) is 6.92. The molecule has 0 aliphatic rings. The molecule has 0 saturated heterocycles. The van der Waals surface area contributed by atoms with Crippen LogP contribution in [-0.4, -0.2) is 20.8 Å². The molecule has 0 fully saturated rings. The van der Waals surface area contributed by atoms with E-state index < -0.39 is 4.92 Å². The van der Waals surface area contributed by atoms with Crippen LogP contribution in [0.25, 0.3) is 22.6 Å². The Morgan fingerprint density at radius 1 is 1.11 bits per heavy atom. The molecule has 28 heavy (non-hydrogen) atoms. The summed E-state index contributed by atoms with van der Waals surface area (Å²) >= 11 is 0. The molecule has 138 valence electrons. The second-order valence-electron chi connectivity index (χ2n) is 6.15. The molecule has 0 spiro atoms. The summed E-state index contributed by atoms with van der Waals surface area (Å²) in [7, 11) is 0. The highest BCUT2D eigenvalue weighted by Crippen LogP contribution is 2.26. The molecule has 0 atom stereocenters. The smallest absolute Gasteiger partial charge is 0.272 e. The van der Waals surface area contributed by atoms with E-state index in [1.54, 1.807) is 49.6 Å². The third kappa shape index (κ3) is 3.30. The normalized spacial score (nSPS) is 10.8. The maximum atomic E-state index is 12.5. The number of carbonyl (C=O) groups excluding carboxylic acids is 1. The van der Waals surface area contributed by atoms with Gasteiger partial charge < -0.3 is 9.73 Å². The van der Waals surface area contributed by atoms with Crippen LogP contribution < -0.4 is 5.32 Å². The van der Waals surface area contributed by atoms with E-state index in [0.717, 1.165) is 5.56 Å². The van der Waals surface area contributed by atoms with Crippen LogP contribution in [0.1, 0.15) is 15.9 Å². The number of nitro benzene ring substituents is 1. The predicted octanol–water partition coefficient (Wildman–Crippen LogP) is 4.36. The number of nitro groups is 1. The van der Waals surface area contributed by atoms with Crippen LogP contribution in [-0.2, 0) is 0 Å². The Bertz CT molecular complexity index is 1200. The fraction of sp³-hybridized carbons (Fsp3) is 0.0500. The predicted molar refractivity (Wildman–Crippen MR) is 103 cm³/mol. The highest BCUT2D eigenvalue weighted by Gasteiger charge is 2.15. The van der Waals surface area contributed by atoms with Crippen molar-refractivity contribution in [3.8, 4) is 11.5 Å². The Labute approximate surface area is 159 Å². The highest BCUT2D eigenvalue weighted by molar-refractivity contribution is 6.05. The summed E-state index contributed by atoms with van der Waals surface area (Å²) in [4.78, 5) is 31.3. The third-order valence-electron chi connectivity index (χ3n) is 4.23. The number of nitrogens with one attached hydrogen (secondary N) is 1. The van der Waals surface area contributed by atoms with E-state index in [-0.39, 0.29) is 11.6 Å². The summed E-state index contributed by atoms with van der Waals surface area (Å²) in [5.41, 5.74) is 3.28. The van der Waals surface area contributed by atoms with E-state index in [9.17, 15) is 14.9 Å². The van der Waals surface area contributed by atoms with Gasteiger partial charge in [0.05, 0.1) is 4.92 Å². The highest BCUT2D eigenvalue weighted by atomic mass is 16.6. The number of hydrogen-bond acceptors (Lipinski definition) is 6. The van der Waals surface area contributed by atoms with Crippen molar-refractivity contribution in [3.63, 3.8) is 0 Å². The lowest BCUT2D eigenvalue weighted by atomic mass is 10.1. The molecule has 4 rings (SSSR count). The zero-order chi connectivity index (χ0) is 19.7. The van der Waals surface area contributed by atoms with Crippen LogP contribution in [0.5, 0.6) is 0 Å². The van der Waals surface area contributed by atoms with Crippen LogP contribution in [0.4, 0.5) is 11.4 Å². The fourth-order valence-electron chi connectivity index (χ4n) is 2.83. The lowest BCUT2D eigenvalue weighted by Crippen LogP contribution is -2.12. The molecule has 0 radical (unpaired) electrons. The van der Waals surface area contributed by atoms with Crippen LogP contribution in [0.2, 0.25) is 0 Å². The number of benzene rings is 2. The first-order valence-corrected chi connectivity index (χ1v) is 8.38. The fourth-order valence-corrected chi connectivity index (χ4v) is 2.83. The van der Waals surface area contributed by atoms with Crippen molar-refractivity contribution in [2.45, 2.75) is 6.92 Å². The van der Waals surface area contributed by atoms with E-state index in [2.05, 4.69) is 15.3 Å². The molecule has 2 aromatic heterocycles. The number of nitrogens with zero attached hydrogens (tertiary/aromatic N) is 3. The average molecular weight is 374 g/mol. The zero-order valence-corrected chi connectivity index (χ0v) is 14.7. The van der Waals surface area contributed by atoms with Crippen molar-refractivity contribution in [2.75, 3.05) is 5.32 Å². The first-order chi connectivity index (χ1) is 13.5. The van der Waals surface area contributed by atoms with Crippen LogP contribution in [0, 0.1) is 17.0 Å². The molecule has 0 aliphatic heterocycles. The lowest BCUT2D eigenvalue weighted by Gasteiger charge is -2.06. The molecule has 8 nitrogen and oxygen atoms in total. The Morgan fingerprint density at radius 3 is 2.61 bits per heavy atom. The van der Waals surface area contributed by atoms with Gasteiger partial charge in [-0.2, -0.15) is 0 Å². The first kappa shape index (κ1) is 17.3. The van der Waals surface area contributed by atoms with Gasteiger partial charge in [0.1, 0.15) is 5.52 Å². The molecule has 2 heterocycles. The maximum Gasteiger partial charge on any atom is 0.272 e. The molecule has 1 N–H and O–H groups in total. The summed E-state index contributed by atoms with van der Waals surface area (Å²) in [5, 5.41) is 13.7. The van der Waals surface area contributed by atoms with E-state index in [4.69, 9.17) is 4.42 Å². The minimum absolute atomic E-state index is 0.0239. The van der Waals surface area contributed by atoms with Gasteiger partial charge in [-0.05, 0) is 49.4 Å². The van der Waals surface area contributed by atoms with Gasteiger partial charge in [-0.1, -0.05) is 0 Å². The van der Waals surface area contributed by atoms with Gasteiger partial charge >= 0.3 is 0 Å². The summed E-state index contributed by atoms with van der Waals surface area (Å²) < 4.78 is 5.73. The molecule has 0 aliphatic carbocycles. The summed E-state index contributed by atoms with van der Waals surface area (Å²) in [6, 6.07) is 13.0. The minimum Gasteiger partial charge on any atom is -0.436 e. The van der Waals surface area contributed by atoms with E-state index in [1.165, 1.54) is 18.2 Å². The number of anilines is 1. The van der Waals surface area contributed by atoms with E-state index in [0.29, 0.717) is 33.8 Å². The number of carbonyl (C=O) groups is 1. The van der Waals surface area contributed by atoms with Gasteiger partial charge in [0.15, 0.2) is 5.58 Å². The number of aromatic nitrogens is 2. The summed E-state index contributed by atoms with van der Waals surface area (Å²) in [6.07, 6.45) is 3.31. The van der Waals surface area contributed by atoms with Gasteiger partial charge in [0.25, 0.3) is 11.6 Å². The Morgan fingerprint density at radius 2 is 1.89 bits per heavy atom. The van der Waals surface area contributed by atoms with Crippen molar-refractivity contribution in [3.05, 3.63) is 82.2 Å². The third-order valence-corrected chi connectivity index (χ3v) is 4.23. The number of hydrogen-bond donors (Lipinski definition) is 1. The Hall–Kier alpha value is -4.07. The van der Waals surface area contributed by atoms with Crippen LogP contribution in [0.15, 0.2) is 65.3 Å². The number of fused-ring (bicyclic) bond motifs is 1. The largest absolute Gasteiger partial charge is 0.436 e. The van der Waals surface area contributed by atoms with Gasteiger partial charge in [0.2, 0.25) is 5.89 Å². The summed E-state index contributed by atoms with van der Waals surface area (Å²) in [5.74, 6) is 0.0991. The molecule has 8 heteroatoms. The van der Waals surface area contributed by atoms with Crippen molar-refractivity contribution < 1.29 is 14.1 Å². The molecule has 1 amide bonds. The first-order valence-electron chi connectivity index (χ1n) is 8.38. The molecule has 0 bridgehead atoms. The van der Waals surface area contributed by atoms with Gasteiger partial charge in [-0.3, -0.25) is 19.9 Å². The summed E-state index contributed by atoms with van der Waals surface area (Å²) in [6.45, 7) is 1.59. The number of amides is 1. The topological polar surface area (TPSA) is 111 Å². The molecular weight excluding hydrogens is 360 g/mol. The SMILES string of the molecule is Cc1cc(C(=O)Nc2ccc3oc(-c4ccncc4)nc3c2)ccc1[N+](=O)[O-]. The standard InChI is InChI=1S/C20H14N4O4/c1-12-10-14(2-4-17(12)24(26)27)19(25)22-15-3-5-18-16(11-15)23-20(28-18)13-6-8-21-9-7-13/h2-11H,1H3,(H,22,25). The van der Waals surface area contributed by atoms with Gasteiger partial charge in [-0.25, -0.2) is 4.98 Å². The maximum absolute atomic E-state index is 12.5. The monoisotopic (exact) mass is 374 g/mol. The number of pyridine rings is 1. The van der Waals surface area contributed by atoms with Crippen LogP contribution in [0.3, 0.4) is 0 Å². The van der Waals surface area contributed by atoms with E-state index in [1.807, 2.05) is 0 Å². The van der Waals surface area contributed by atoms with Crippen molar-refractivity contribution in [1.29, 1.82) is 0 Å². The molecule has 4 aromatic rings. The van der Waals surface area contributed by atoms with Crippen molar-refractivity contribution >= 4 is 28.4 Å². The molecular formula is C20H14N4O4. The number of rotatable bonds is 4. The number of oxazole rings is 1. The quantitative estimate of drug-likeness (QED) is 0.420. The Kier molecular flexibility index (Phi) is 4.29. The average Bonchev–Trinajstić information content (AvgIpc) is 3.11. The van der Waals surface area contributed by atoms with Crippen LogP contribution >= 0.6 is 0 Å². The van der Waals surface area contributed by atoms with E-state index >= 15 is 0 Å². The second-order valence-corrected chi connectivity index (χ2v) is 6.15. The van der Waals surface area contributed by atoms with Gasteiger partial charge in [-0.15, -0.1) is 0 Å². The van der Waals surface area contributed by atoms with Gasteiger partial charge in [0, 0.05) is 40.8 Å². The minimum atomic E-state index is -0.476. The Balaban J connectivity index is 1.58. The van der Waals surface area contributed by atoms with Crippen molar-refractivity contribution in [2.24, 2.45) is 0 Å². The molecule has 2 aromatic carbocycles.